The highest BCUT2D eigenvalue weighted by Crippen LogP contribution is 2.11. The number of methoxy groups -OCH3 is 2. The lowest BCUT2D eigenvalue weighted by molar-refractivity contribution is 0.381. The molecule has 0 unspecified atom stereocenters. The molecule has 0 spiro atoms. The molecule has 0 heterocycles. The summed E-state index contributed by atoms with van der Waals surface area (Å²) in [4.78, 5) is 8.05. The van der Waals surface area contributed by atoms with Crippen molar-refractivity contribution in [2.75, 3.05) is 42.4 Å². The number of guanidine groups is 2. The minimum Gasteiger partial charge on any atom is -0.497 e. The van der Waals surface area contributed by atoms with Gasteiger partial charge in [0.05, 0.1) is 14.2 Å². The zero-order chi connectivity index (χ0) is 26.7. The number of rotatable bonds is 6. The predicted molar refractivity (Wildman–Crippen MR) is 139 cm³/mol. The van der Waals surface area contributed by atoms with Crippen LogP contribution in [-0.4, -0.2) is 71.9 Å². The van der Waals surface area contributed by atoms with E-state index in [1.165, 1.54) is 11.1 Å². The summed E-state index contributed by atoms with van der Waals surface area (Å²) < 4.78 is 41.7. The van der Waals surface area contributed by atoms with E-state index < -0.39 is 10.4 Å². The van der Waals surface area contributed by atoms with Crippen molar-refractivity contribution in [3.63, 3.8) is 0 Å². The molecule has 0 saturated carbocycles. The van der Waals surface area contributed by atoms with Gasteiger partial charge in [-0.2, -0.15) is 8.42 Å². The number of aliphatic imine (C=N–C) groups is 2. The SMILES string of the molecule is CN=C(NC)NCc1ccc(OC)cc1.CN=C(NC)NCc1ccc(OC)cc1.O=S(=O)(O)O. The van der Waals surface area contributed by atoms with Gasteiger partial charge >= 0.3 is 10.4 Å². The molecule has 6 N–H and O–H groups in total. The third kappa shape index (κ3) is 16.7. The van der Waals surface area contributed by atoms with E-state index in [0.717, 1.165) is 36.5 Å². The fourth-order valence-electron chi connectivity index (χ4n) is 2.42. The number of hydrogen-bond donors (Lipinski definition) is 6. The summed E-state index contributed by atoms with van der Waals surface area (Å²) >= 11 is 0. The van der Waals surface area contributed by atoms with Gasteiger partial charge in [-0.3, -0.25) is 19.1 Å². The lowest BCUT2D eigenvalue weighted by Gasteiger charge is -2.08. The summed E-state index contributed by atoms with van der Waals surface area (Å²) in [6.45, 7) is 1.50. The Kier molecular flexibility index (Phi) is 16.1. The first-order valence-corrected chi connectivity index (χ1v) is 11.7. The maximum atomic E-state index is 8.74. The molecule has 196 valence electrons. The standard InChI is InChI=1S/2C11H17N3O.H2O4S/c2*1-12-11(13-2)14-8-9-4-6-10(15-3)7-5-9;1-5(2,3)4/h2*4-7H,8H2,1-3H3,(H2,12,13,14);(H2,1,2,3,4). The normalized spacial score (nSPS) is 11.1. The van der Waals surface area contributed by atoms with Crippen molar-refractivity contribution in [1.29, 1.82) is 0 Å². The van der Waals surface area contributed by atoms with Crippen molar-refractivity contribution < 1.29 is 27.0 Å². The quantitative estimate of drug-likeness (QED) is 0.189. The van der Waals surface area contributed by atoms with Crippen LogP contribution in [0.4, 0.5) is 0 Å². The van der Waals surface area contributed by atoms with Gasteiger partial charge in [-0.25, -0.2) is 0 Å². The van der Waals surface area contributed by atoms with Gasteiger partial charge in [0.15, 0.2) is 11.9 Å². The Hall–Kier alpha value is -3.55. The third-order valence-electron chi connectivity index (χ3n) is 4.16. The van der Waals surface area contributed by atoms with Gasteiger partial charge in [-0.05, 0) is 35.4 Å². The van der Waals surface area contributed by atoms with Gasteiger partial charge < -0.3 is 30.7 Å². The Morgan fingerprint density at radius 2 is 1.03 bits per heavy atom. The summed E-state index contributed by atoms with van der Waals surface area (Å²) in [5, 5.41) is 12.3. The van der Waals surface area contributed by atoms with Crippen LogP contribution in [0.2, 0.25) is 0 Å². The first-order valence-electron chi connectivity index (χ1n) is 10.3. The van der Waals surface area contributed by atoms with E-state index in [-0.39, 0.29) is 0 Å². The molecule has 0 fully saturated rings. The fraction of sp³-hybridized carbons (Fsp3) is 0.364. The first kappa shape index (κ1) is 31.4. The average Bonchev–Trinajstić information content (AvgIpc) is 2.85. The third-order valence-corrected chi connectivity index (χ3v) is 4.16. The van der Waals surface area contributed by atoms with Gasteiger partial charge in [0.1, 0.15) is 11.5 Å². The molecule has 0 bridgehead atoms. The molecule has 0 radical (unpaired) electrons. The number of nitrogens with one attached hydrogen (secondary N) is 4. The highest BCUT2D eigenvalue weighted by molar-refractivity contribution is 7.79. The number of hydrogen-bond acceptors (Lipinski definition) is 6. The molecule has 0 aromatic heterocycles. The molecule has 2 aromatic rings. The van der Waals surface area contributed by atoms with Crippen LogP contribution in [0.1, 0.15) is 11.1 Å². The highest BCUT2D eigenvalue weighted by atomic mass is 32.3. The maximum Gasteiger partial charge on any atom is 0.394 e. The van der Waals surface area contributed by atoms with Gasteiger partial charge in [0.2, 0.25) is 0 Å². The van der Waals surface area contributed by atoms with E-state index in [1.807, 2.05) is 62.6 Å². The molecule has 0 aliphatic carbocycles. The Bertz CT molecular complexity index is 921. The maximum absolute atomic E-state index is 8.74. The van der Waals surface area contributed by atoms with Gasteiger partial charge in [-0.1, -0.05) is 24.3 Å². The Balaban J connectivity index is 0.000000555. The van der Waals surface area contributed by atoms with E-state index in [4.69, 9.17) is 27.0 Å². The zero-order valence-electron chi connectivity index (χ0n) is 20.9. The Morgan fingerprint density at radius 3 is 1.23 bits per heavy atom. The summed E-state index contributed by atoms with van der Waals surface area (Å²) in [6, 6.07) is 15.9. The van der Waals surface area contributed by atoms with Crippen molar-refractivity contribution in [2.24, 2.45) is 9.98 Å². The van der Waals surface area contributed by atoms with Crippen LogP contribution in [0.15, 0.2) is 58.5 Å². The zero-order valence-corrected chi connectivity index (χ0v) is 21.7. The summed E-state index contributed by atoms with van der Waals surface area (Å²) in [6.07, 6.45) is 0. The largest absolute Gasteiger partial charge is 0.497 e. The van der Waals surface area contributed by atoms with E-state index in [2.05, 4.69) is 31.3 Å². The molecule has 35 heavy (non-hydrogen) atoms. The van der Waals surface area contributed by atoms with Crippen molar-refractivity contribution in [1.82, 2.24) is 21.3 Å². The van der Waals surface area contributed by atoms with E-state index >= 15 is 0 Å². The number of nitrogens with zero attached hydrogens (tertiary/aromatic N) is 2. The van der Waals surface area contributed by atoms with Crippen LogP contribution >= 0.6 is 0 Å². The molecule has 2 rings (SSSR count). The minimum absolute atomic E-state index is 0.748. The summed E-state index contributed by atoms with van der Waals surface area (Å²) in [5.74, 6) is 3.31. The van der Waals surface area contributed by atoms with Crippen molar-refractivity contribution in [3.05, 3.63) is 59.7 Å². The lowest BCUT2D eigenvalue weighted by atomic mass is 10.2. The average molecular weight is 513 g/mol. The molecule has 12 nitrogen and oxygen atoms in total. The molecular weight excluding hydrogens is 476 g/mol. The lowest BCUT2D eigenvalue weighted by Crippen LogP contribution is -2.33. The second-order valence-corrected chi connectivity index (χ2v) is 7.39. The van der Waals surface area contributed by atoms with Gasteiger partial charge in [-0.15, -0.1) is 0 Å². The molecule has 0 amide bonds. The first-order chi connectivity index (χ1) is 16.6. The van der Waals surface area contributed by atoms with Crippen molar-refractivity contribution in [3.8, 4) is 11.5 Å². The number of ether oxygens (including phenoxy) is 2. The Morgan fingerprint density at radius 1 is 0.743 bits per heavy atom. The van der Waals surface area contributed by atoms with Crippen LogP contribution in [0, 0.1) is 0 Å². The molecular formula is C22H36N6O6S. The molecule has 0 atom stereocenters. The van der Waals surface area contributed by atoms with Crippen LogP contribution in [0.25, 0.3) is 0 Å². The van der Waals surface area contributed by atoms with Gasteiger partial charge in [0, 0.05) is 41.3 Å². The second kappa shape index (κ2) is 17.9. The topological polar surface area (TPSA) is 166 Å². The van der Waals surface area contributed by atoms with Crippen molar-refractivity contribution >= 4 is 22.3 Å². The summed E-state index contributed by atoms with van der Waals surface area (Å²) in [5.41, 5.74) is 2.37. The van der Waals surface area contributed by atoms with Crippen molar-refractivity contribution in [2.45, 2.75) is 13.1 Å². The predicted octanol–water partition coefficient (Wildman–Crippen LogP) is 1.33. The molecule has 13 heteroatoms. The van der Waals surface area contributed by atoms with E-state index in [9.17, 15) is 0 Å². The summed E-state index contributed by atoms with van der Waals surface area (Å²) in [7, 11) is 5.82. The van der Waals surface area contributed by atoms with Crippen LogP contribution in [-0.2, 0) is 23.5 Å². The Labute approximate surface area is 207 Å². The highest BCUT2D eigenvalue weighted by Gasteiger charge is 1.97. The van der Waals surface area contributed by atoms with E-state index in [0.29, 0.717) is 0 Å². The van der Waals surface area contributed by atoms with E-state index in [1.54, 1.807) is 28.3 Å². The molecule has 0 aliphatic rings. The van der Waals surface area contributed by atoms with Crippen LogP contribution in [0.5, 0.6) is 11.5 Å². The minimum atomic E-state index is -4.67. The number of benzene rings is 2. The van der Waals surface area contributed by atoms with Crippen LogP contribution in [0.3, 0.4) is 0 Å². The van der Waals surface area contributed by atoms with Gasteiger partial charge in [0.25, 0.3) is 0 Å². The molecule has 0 saturated heterocycles. The second-order valence-electron chi connectivity index (χ2n) is 6.50. The van der Waals surface area contributed by atoms with Crippen LogP contribution < -0.4 is 30.7 Å². The monoisotopic (exact) mass is 512 g/mol. The molecule has 2 aromatic carbocycles. The fourth-order valence-corrected chi connectivity index (χ4v) is 2.42. The smallest absolute Gasteiger partial charge is 0.394 e. The molecule has 0 aliphatic heterocycles.